The van der Waals surface area contributed by atoms with Gasteiger partial charge in [0.05, 0.1) is 21.4 Å². The first-order chi connectivity index (χ1) is 17.9. The monoisotopic (exact) mass is 531 g/mol. The van der Waals surface area contributed by atoms with Gasteiger partial charge in [0.15, 0.2) is 5.54 Å². The minimum atomic E-state index is -1.50. The number of amides is 3. The largest absolute Gasteiger partial charge is 0.351 e. The SMILES string of the molecule is O=C1c2ccccc2C2N1c1cc(Cl)c(Cl)cc1N1C(=O)c3ccccc3C21C(=O)NC1CCCCC1. The maximum absolute atomic E-state index is 14.7. The van der Waals surface area contributed by atoms with Gasteiger partial charge in [0, 0.05) is 22.7 Å². The highest BCUT2D eigenvalue weighted by molar-refractivity contribution is 6.43. The van der Waals surface area contributed by atoms with E-state index in [-0.39, 0.29) is 33.8 Å². The number of benzene rings is 3. The summed E-state index contributed by atoms with van der Waals surface area (Å²) in [4.78, 5) is 46.0. The Morgan fingerprint density at radius 1 is 0.838 bits per heavy atom. The zero-order valence-electron chi connectivity index (χ0n) is 19.8. The highest BCUT2D eigenvalue weighted by Gasteiger charge is 2.68. The summed E-state index contributed by atoms with van der Waals surface area (Å²) in [5.41, 5.74) is 1.60. The number of halogens is 2. The number of rotatable bonds is 2. The molecule has 2 unspecified atom stereocenters. The molecule has 1 fully saturated rings. The molecular formula is C29H23Cl2N3O3. The molecule has 3 aliphatic heterocycles. The molecule has 0 saturated heterocycles. The predicted molar refractivity (Wildman–Crippen MR) is 142 cm³/mol. The first-order valence-electron chi connectivity index (χ1n) is 12.6. The van der Waals surface area contributed by atoms with E-state index >= 15 is 0 Å². The van der Waals surface area contributed by atoms with Crippen molar-refractivity contribution < 1.29 is 14.4 Å². The second-order valence-electron chi connectivity index (χ2n) is 10.2. The van der Waals surface area contributed by atoms with Crippen LogP contribution in [0, 0.1) is 0 Å². The molecule has 37 heavy (non-hydrogen) atoms. The van der Waals surface area contributed by atoms with Gasteiger partial charge < -0.3 is 5.32 Å². The molecule has 1 saturated carbocycles. The van der Waals surface area contributed by atoms with Crippen molar-refractivity contribution >= 4 is 52.3 Å². The number of fused-ring (bicyclic) bond motifs is 10. The lowest BCUT2D eigenvalue weighted by Crippen LogP contribution is -2.64. The number of nitrogens with one attached hydrogen (secondary N) is 1. The molecule has 4 aliphatic rings. The minimum absolute atomic E-state index is 0.0105. The van der Waals surface area contributed by atoms with Crippen LogP contribution >= 0.6 is 23.2 Å². The van der Waals surface area contributed by atoms with Crippen molar-refractivity contribution in [1.82, 2.24) is 5.32 Å². The first kappa shape index (κ1) is 22.8. The molecule has 7 rings (SSSR count). The molecule has 6 nitrogen and oxygen atoms in total. The van der Waals surface area contributed by atoms with E-state index in [1.807, 2.05) is 30.3 Å². The summed E-state index contributed by atoms with van der Waals surface area (Å²) >= 11 is 12.9. The lowest BCUT2D eigenvalue weighted by atomic mass is 9.76. The van der Waals surface area contributed by atoms with Crippen LogP contribution in [0.1, 0.15) is 70.0 Å². The Morgan fingerprint density at radius 3 is 2.24 bits per heavy atom. The number of hydrogen-bond donors (Lipinski definition) is 1. The average Bonchev–Trinajstić information content (AvgIpc) is 3.36. The minimum Gasteiger partial charge on any atom is -0.351 e. The van der Waals surface area contributed by atoms with Crippen LogP contribution in [-0.2, 0) is 10.3 Å². The lowest BCUT2D eigenvalue weighted by molar-refractivity contribution is -0.128. The van der Waals surface area contributed by atoms with Gasteiger partial charge in [-0.1, -0.05) is 78.9 Å². The van der Waals surface area contributed by atoms with E-state index in [1.165, 1.54) is 0 Å². The number of hydrogen-bond acceptors (Lipinski definition) is 3. The molecule has 186 valence electrons. The Bertz CT molecular complexity index is 1520. The van der Waals surface area contributed by atoms with Crippen LogP contribution < -0.4 is 15.1 Å². The Kier molecular flexibility index (Phi) is 4.98. The van der Waals surface area contributed by atoms with Crippen molar-refractivity contribution in [2.45, 2.75) is 49.7 Å². The van der Waals surface area contributed by atoms with Crippen LogP contribution in [0.3, 0.4) is 0 Å². The van der Waals surface area contributed by atoms with E-state index in [0.29, 0.717) is 33.6 Å². The first-order valence-corrected chi connectivity index (χ1v) is 13.4. The molecular weight excluding hydrogens is 509 g/mol. The van der Waals surface area contributed by atoms with E-state index in [2.05, 4.69) is 5.32 Å². The van der Waals surface area contributed by atoms with E-state index in [1.54, 1.807) is 40.1 Å². The molecule has 0 spiro atoms. The third-order valence-electron chi connectivity index (χ3n) is 8.29. The number of carbonyl (C=O) groups excluding carboxylic acids is 3. The van der Waals surface area contributed by atoms with Gasteiger partial charge in [-0.25, -0.2) is 0 Å². The second kappa shape index (κ2) is 8.07. The van der Waals surface area contributed by atoms with E-state index < -0.39 is 11.6 Å². The van der Waals surface area contributed by atoms with Crippen LogP contribution in [-0.4, -0.2) is 23.8 Å². The Hall–Kier alpha value is -3.35. The van der Waals surface area contributed by atoms with Gasteiger partial charge in [-0.05, 0) is 42.7 Å². The van der Waals surface area contributed by atoms with Gasteiger partial charge in [-0.3, -0.25) is 24.2 Å². The number of nitrogens with zero attached hydrogens (tertiary/aromatic N) is 2. The van der Waals surface area contributed by atoms with E-state index in [0.717, 1.165) is 32.1 Å². The summed E-state index contributed by atoms with van der Waals surface area (Å²) in [5.74, 6) is -0.819. The van der Waals surface area contributed by atoms with Crippen molar-refractivity contribution in [3.05, 3.63) is 93.0 Å². The van der Waals surface area contributed by atoms with Gasteiger partial charge in [0.1, 0.15) is 6.04 Å². The fourth-order valence-electron chi connectivity index (χ4n) is 6.74. The van der Waals surface area contributed by atoms with Crippen molar-refractivity contribution in [1.29, 1.82) is 0 Å². The molecule has 1 N–H and O–H groups in total. The third kappa shape index (κ3) is 2.91. The fourth-order valence-corrected chi connectivity index (χ4v) is 7.05. The molecule has 0 aromatic heterocycles. The lowest BCUT2D eigenvalue weighted by Gasteiger charge is -2.50. The Balaban J connectivity index is 1.56. The summed E-state index contributed by atoms with van der Waals surface area (Å²) in [5, 5.41) is 3.81. The van der Waals surface area contributed by atoms with Gasteiger partial charge in [0.25, 0.3) is 17.7 Å². The third-order valence-corrected chi connectivity index (χ3v) is 9.01. The molecule has 8 heteroatoms. The fraction of sp³-hybridized carbons (Fsp3) is 0.276. The topological polar surface area (TPSA) is 69.7 Å². The van der Waals surface area contributed by atoms with E-state index in [4.69, 9.17) is 23.2 Å². The molecule has 3 amide bonds. The smallest absolute Gasteiger partial charge is 0.260 e. The summed E-state index contributed by atoms with van der Waals surface area (Å²) in [6.45, 7) is 0. The zero-order chi connectivity index (χ0) is 25.5. The normalized spacial score (nSPS) is 23.8. The maximum Gasteiger partial charge on any atom is 0.260 e. The van der Waals surface area contributed by atoms with Crippen LogP contribution in [0.4, 0.5) is 11.4 Å². The van der Waals surface area contributed by atoms with Gasteiger partial charge in [0.2, 0.25) is 0 Å². The molecule has 1 aliphatic carbocycles. The highest BCUT2D eigenvalue weighted by Crippen LogP contribution is 2.62. The van der Waals surface area contributed by atoms with Crippen LogP contribution in [0.2, 0.25) is 10.0 Å². The van der Waals surface area contributed by atoms with Crippen molar-refractivity contribution in [3.63, 3.8) is 0 Å². The van der Waals surface area contributed by atoms with Crippen molar-refractivity contribution in [2.75, 3.05) is 9.80 Å². The van der Waals surface area contributed by atoms with Gasteiger partial charge in [-0.15, -0.1) is 0 Å². The molecule has 3 aromatic carbocycles. The van der Waals surface area contributed by atoms with Crippen molar-refractivity contribution in [2.24, 2.45) is 0 Å². The van der Waals surface area contributed by atoms with Crippen LogP contribution in [0.15, 0.2) is 60.7 Å². The number of anilines is 2. The van der Waals surface area contributed by atoms with Crippen LogP contribution in [0.25, 0.3) is 0 Å². The van der Waals surface area contributed by atoms with E-state index in [9.17, 15) is 14.4 Å². The predicted octanol–water partition coefficient (Wildman–Crippen LogP) is 6.01. The summed E-state index contributed by atoms with van der Waals surface area (Å²) in [7, 11) is 0. The summed E-state index contributed by atoms with van der Waals surface area (Å²) in [6.07, 6.45) is 5.02. The molecule has 3 aromatic rings. The average molecular weight is 532 g/mol. The highest BCUT2D eigenvalue weighted by atomic mass is 35.5. The standard InChI is InChI=1S/C29H23Cl2N3O3/c30-21-14-23-24(15-22(21)31)34-27(36)19-12-6-7-13-20(19)29(34,28(37)32-16-8-2-1-3-9-16)25-17-10-4-5-11-18(17)26(35)33(23)25/h4-7,10-16,25H,1-3,8-9H2,(H,32,37). The summed E-state index contributed by atoms with van der Waals surface area (Å²) in [6, 6.07) is 17.0. The maximum atomic E-state index is 14.7. The molecule has 2 atom stereocenters. The molecule has 0 bridgehead atoms. The number of carbonyl (C=O) groups is 3. The summed E-state index contributed by atoms with van der Waals surface area (Å²) < 4.78 is 0. The quantitative estimate of drug-likeness (QED) is 0.440. The Morgan fingerprint density at radius 2 is 1.49 bits per heavy atom. The van der Waals surface area contributed by atoms with Gasteiger partial charge >= 0.3 is 0 Å². The molecule has 0 radical (unpaired) electrons. The zero-order valence-corrected chi connectivity index (χ0v) is 21.4. The Labute approximate surface area is 224 Å². The van der Waals surface area contributed by atoms with Crippen LogP contribution in [0.5, 0.6) is 0 Å². The second-order valence-corrected chi connectivity index (χ2v) is 11.0. The van der Waals surface area contributed by atoms with Gasteiger partial charge in [-0.2, -0.15) is 0 Å². The molecule has 3 heterocycles. The van der Waals surface area contributed by atoms with Crippen molar-refractivity contribution in [3.8, 4) is 0 Å².